The van der Waals surface area contributed by atoms with E-state index < -0.39 is 0 Å². The number of thiazole rings is 1. The fourth-order valence-corrected chi connectivity index (χ4v) is 5.86. The molecule has 154 valence electrons. The minimum atomic E-state index is -0.163. The van der Waals surface area contributed by atoms with Crippen molar-refractivity contribution < 1.29 is 9.53 Å². The topological polar surface area (TPSA) is 45.7 Å². The lowest BCUT2D eigenvalue weighted by Crippen LogP contribution is -2.43. The highest BCUT2D eigenvalue weighted by atomic mass is 35.5. The second-order valence-corrected chi connectivity index (χ2v) is 10.1. The van der Waals surface area contributed by atoms with Crippen molar-refractivity contribution in [2.45, 2.75) is 13.3 Å². The minimum Gasteiger partial charge on any atom is -0.379 e. The third-order valence-electron chi connectivity index (χ3n) is 4.98. The molecule has 3 heterocycles. The van der Waals surface area contributed by atoms with E-state index in [1.54, 1.807) is 11.0 Å². The van der Waals surface area contributed by atoms with Crippen LogP contribution in [-0.4, -0.2) is 55.2 Å². The first kappa shape index (κ1) is 21.0. The Bertz CT molecular complexity index is 1010. The number of para-hydroxylation sites is 1. The molecule has 5 nitrogen and oxygen atoms in total. The van der Waals surface area contributed by atoms with Gasteiger partial charge in [-0.25, -0.2) is 4.98 Å². The predicted octanol–water partition coefficient (Wildman–Crippen LogP) is 5.21. The van der Waals surface area contributed by atoms with Gasteiger partial charge in [0.05, 0.1) is 33.3 Å². The quantitative estimate of drug-likeness (QED) is 0.497. The second-order valence-electron chi connectivity index (χ2n) is 6.76. The molecule has 0 saturated carbocycles. The summed E-state index contributed by atoms with van der Waals surface area (Å²) in [6, 6.07) is 7.82. The minimum absolute atomic E-state index is 0.163. The number of rotatable bonds is 6. The number of fused-ring (bicyclic) bond motifs is 1. The molecular weight excluding hydrogens is 449 g/mol. The lowest BCUT2D eigenvalue weighted by molar-refractivity contribution is 0.0391. The van der Waals surface area contributed by atoms with E-state index in [-0.39, 0.29) is 5.91 Å². The summed E-state index contributed by atoms with van der Waals surface area (Å²) in [7, 11) is 0. The molecule has 0 N–H and O–H groups in total. The van der Waals surface area contributed by atoms with Gasteiger partial charge in [-0.15, -0.1) is 11.3 Å². The van der Waals surface area contributed by atoms with E-state index in [1.807, 2.05) is 6.07 Å². The van der Waals surface area contributed by atoms with Crippen molar-refractivity contribution >= 4 is 67.1 Å². The number of benzene rings is 1. The predicted molar refractivity (Wildman–Crippen MR) is 122 cm³/mol. The molecule has 1 saturated heterocycles. The molecule has 1 amide bonds. The summed E-state index contributed by atoms with van der Waals surface area (Å²) in [4.78, 5) is 22.3. The third kappa shape index (κ3) is 4.60. The van der Waals surface area contributed by atoms with Gasteiger partial charge in [0.15, 0.2) is 5.13 Å². The van der Waals surface area contributed by atoms with Gasteiger partial charge in [-0.05, 0) is 24.1 Å². The molecule has 0 atom stereocenters. The summed E-state index contributed by atoms with van der Waals surface area (Å²) in [5.41, 5.74) is 2.58. The summed E-state index contributed by atoms with van der Waals surface area (Å²) in [5.74, 6) is -0.163. The maximum absolute atomic E-state index is 13.4. The highest BCUT2D eigenvalue weighted by Gasteiger charge is 2.26. The summed E-state index contributed by atoms with van der Waals surface area (Å²) in [5, 5.41) is 0.692. The number of halogens is 2. The van der Waals surface area contributed by atoms with Gasteiger partial charge < -0.3 is 4.74 Å². The van der Waals surface area contributed by atoms with Gasteiger partial charge in [0.25, 0.3) is 5.91 Å². The van der Waals surface area contributed by atoms with E-state index in [1.165, 1.54) is 28.2 Å². The van der Waals surface area contributed by atoms with Gasteiger partial charge in [0.1, 0.15) is 4.34 Å². The van der Waals surface area contributed by atoms with Crippen LogP contribution in [-0.2, 0) is 11.2 Å². The SMILES string of the molecule is CCc1cccc2sc(N(CCN3CCOCC3)C(=O)c3cc(Cl)sc3Cl)nc12. The van der Waals surface area contributed by atoms with Crippen LogP contribution in [0.3, 0.4) is 0 Å². The fourth-order valence-electron chi connectivity index (χ4n) is 3.38. The number of aromatic nitrogens is 1. The maximum atomic E-state index is 13.4. The third-order valence-corrected chi connectivity index (χ3v) is 7.51. The molecule has 2 aromatic heterocycles. The number of aryl methyl sites for hydroxylation is 1. The van der Waals surface area contributed by atoms with E-state index >= 15 is 0 Å². The first-order chi connectivity index (χ1) is 14.1. The van der Waals surface area contributed by atoms with Crippen molar-refractivity contribution in [1.82, 2.24) is 9.88 Å². The zero-order valence-corrected chi connectivity index (χ0v) is 19.1. The van der Waals surface area contributed by atoms with Gasteiger partial charge in [0, 0.05) is 26.2 Å². The average Bonchev–Trinajstić information content (AvgIpc) is 3.31. The molecule has 1 aliphatic rings. The molecule has 0 bridgehead atoms. The lowest BCUT2D eigenvalue weighted by Gasteiger charge is -2.29. The Hall–Kier alpha value is -1.22. The van der Waals surface area contributed by atoms with E-state index in [9.17, 15) is 4.79 Å². The van der Waals surface area contributed by atoms with Gasteiger partial charge in [0.2, 0.25) is 0 Å². The van der Waals surface area contributed by atoms with Crippen LogP contribution < -0.4 is 4.90 Å². The first-order valence-corrected chi connectivity index (χ1v) is 11.9. The number of ether oxygens (including phenoxy) is 1. The number of hydrogen-bond donors (Lipinski definition) is 0. The van der Waals surface area contributed by atoms with Crippen LogP contribution in [0.25, 0.3) is 10.2 Å². The molecule has 3 aromatic rings. The largest absolute Gasteiger partial charge is 0.379 e. The molecular formula is C20H21Cl2N3O2S2. The number of anilines is 1. The summed E-state index contributed by atoms with van der Waals surface area (Å²) >= 11 is 15.1. The Balaban J connectivity index is 1.67. The Labute approximate surface area is 187 Å². The van der Waals surface area contributed by atoms with Crippen LogP contribution in [0.2, 0.25) is 8.67 Å². The normalized spacial score (nSPS) is 15.1. The molecule has 1 fully saturated rings. The van der Waals surface area contributed by atoms with Crippen molar-refractivity contribution in [1.29, 1.82) is 0 Å². The van der Waals surface area contributed by atoms with Crippen molar-refractivity contribution in [3.8, 4) is 0 Å². The van der Waals surface area contributed by atoms with Gasteiger partial charge >= 0.3 is 0 Å². The van der Waals surface area contributed by atoms with Crippen LogP contribution in [0.4, 0.5) is 5.13 Å². The van der Waals surface area contributed by atoms with Crippen molar-refractivity contribution in [3.05, 3.63) is 44.1 Å². The van der Waals surface area contributed by atoms with Crippen molar-refractivity contribution in [2.24, 2.45) is 0 Å². The smallest absolute Gasteiger partial charge is 0.262 e. The number of morpholine rings is 1. The van der Waals surface area contributed by atoms with Crippen LogP contribution in [0, 0.1) is 0 Å². The Kier molecular flexibility index (Phi) is 6.73. The number of amides is 1. The Morgan fingerprint density at radius 2 is 2.07 bits per heavy atom. The van der Waals surface area contributed by atoms with Crippen LogP contribution >= 0.6 is 45.9 Å². The second kappa shape index (κ2) is 9.29. The van der Waals surface area contributed by atoms with Gasteiger partial charge in [-0.3, -0.25) is 14.6 Å². The van der Waals surface area contributed by atoms with Crippen molar-refractivity contribution in [2.75, 3.05) is 44.3 Å². The van der Waals surface area contributed by atoms with Crippen molar-refractivity contribution in [3.63, 3.8) is 0 Å². The highest BCUT2D eigenvalue weighted by molar-refractivity contribution is 7.22. The Morgan fingerprint density at radius 1 is 1.28 bits per heavy atom. The molecule has 0 radical (unpaired) electrons. The average molecular weight is 470 g/mol. The van der Waals surface area contributed by atoms with Gasteiger partial charge in [-0.1, -0.05) is 53.6 Å². The standard InChI is InChI=1S/C20H21Cl2N3O2S2/c1-2-13-4-3-5-15-17(13)23-20(28-15)25(7-6-24-8-10-27-11-9-24)19(26)14-12-16(21)29-18(14)22/h3-5,12H,2,6-11H2,1H3. The van der Waals surface area contributed by atoms with E-state index in [2.05, 4.69) is 24.0 Å². The van der Waals surface area contributed by atoms with E-state index in [0.717, 1.165) is 49.5 Å². The number of hydrogen-bond acceptors (Lipinski definition) is 6. The molecule has 1 aromatic carbocycles. The summed E-state index contributed by atoms with van der Waals surface area (Å²) in [6.07, 6.45) is 0.897. The van der Waals surface area contributed by atoms with Crippen LogP contribution in [0.1, 0.15) is 22.8 Å². The Morgan fingerprint density at radius 3 is 2.76 bits per heavy atom. The maximum Gasteiger partial charge on any atom is 0.262 e. The number of carbonyl (C=O) groups excluding carboxylic acids is 1. The van der Waals surface area contributed by atoms with E-state index in [0.29, 0.717) is 25.9 Å². The molecule has 0 spiro atoms. The van der Waals surface area contributed by atoms with Gasteiger partial charge in [-0.2, -0.15) is 0 Å². The number of thiophene rings is 1. The molecule has 9 heteroatoms. The lowest BCUT2D eigenvalue weighted by atomic mass is 10.1. The molecule has 0 aliphatic carbocycles. The van der Waals surface area contributed by atoms with Crippen LogP contribution in [0.5, 0.6) is 0 Å². The molecule has 0 unspecified atom stereocenters. The molecule has 1 aliphatic heterocycles. The van der Waals surface area contributed by atoms with Crippen LogP contribution in [0.15, 0.2) is 24.3 Å². The summed E-state index contributed by atoms with van der Waals surface area (Å²) < 4.78 is 7.42. The molecule has 29 heavy (non-hydrogen) atoms. The molecule has 4 rings (SSSR count). The van der Waals surface area contributed by atoms with E-state index in [4.69, 9.17) is 32.9 Å². The number of carbonyl (C=O) groups is 1. The zero-order valence-electron chi connectivity index (χ0n) is 16.0. The summed E-state index contributed by atoms with van der Waals surface area (Å²) in [6.45, 7) is 6.58. The monoisotopic (exact) mass is 469 g/mol. The first-order valence-electron chi connectivity index (χ1n) is 9.52. The number of nitrogens with zero attached hydrogens (tertiary/aromatic N) is 3. The zero-order chi connectivity index (χ0) is 20.4. The fraction of sp³-hybridized carbons (Fsp3) is 0.400. The highest BCUT2D eigenvalue weighted by Crippen LogP contribution is 2.35.